The Morgan fingerprint density at radius 2 is 1.77 bits per heavy atom. The molecule has 30 heavy (non-hydrogen) atoms. The fourth-order valence-corrected chi connectivity index (χ4v) is 3.40. The molecule has 168 valence electrons. The molecular weight excluding hydrogens is 408 g/mol. The zero-order chi connectivity index (χ0) is 22.9. The molecule has 1 aliphatic rings. The second-order valence-electron chi connectivity index (χ2n) is 8.42. The number of likely N-dealkylation sites (tertiary alicyclic amines) is 1. The molecule has 1 saturated heterocycles. The van der Waals surface area contributed by atoms with E-state index in [1.54, 1.807) is 32.6 Å². The minimum atomic E-state index is -4.98. The molecular formula is C20H26F4N2O4. The number of carbonyl (C=O) groups excluding carboxylic acids is 1. The molecule has 1 fully saturated rings. The summed E-state index contributed by atoms with van der Waals surface area (Å²) < 4.78 is 59.3. The van der Waals surface area contributed by atoms with Gasteiger partial charge < -0.3 is 20.1 Å². The number of anilines is 1. The molecule has 1 aliphatic heterocycles. The van der Waals surface area contributed by atoms with Crippen molar-refractivity contribution in [3.05, 3.63) is 29.1 Å². The average molecular weight is 434 g/mol. The smallest absolute Gasteiger partial charge is 0.421 e. The fraction of sp³-hybridized carbons (Fsp3) is 0.600. The minimum Gasteiger partial charge on any atom is -0.478 e. The highest BCUT2D eigenvalue weighted by Gasteiger charge is 2.39. The van der Waals surface area contributed by atoms with Crippen LogP contribution in [-0.2, 0) is 10.9 Å². The molecule has 1 aromatic carbocycles. The Hall–Kier alpha value is -2.52. The van der Waals surface area contributed by atoms with Crippen molar-refractivity contribution in [1.29, 1.82) is 0 Å². The van der Waals surface area contributed by atoms with Crippen LogP contribution in [-0.4, -0.2) is 46.8 Å². The van der Waals surface area contributed by atoms with E-state index < -0.39 is 52.5 Å². The van der Waals surface area contributed by atoms with Crippen molar-refractivity contribution in [2.45, 2.75) is 58.4 Å². The molecule has 1 aromatic rings. The maximum absolute atomic E-state index is 14.1. The molecule has 0 spiro atoms. The second kappa shape index (κ2) is 8.69. The van der Waals surface area contributed by atoms with E-state index in [4.69, 9.17) is 9.84 Å². The van der Waals surface area contributed by atoms with Crippen molar-refractivity contribution in [2.24, 2.45) is 5.92 Å². The number of carboxylic acids is 1. The molecule has 1 heterocycles. The van der Waals surface area contributed by atoms with Gasteiger partial charge in [-0.2, -0.15) is 13.2 Å². The van der Waals surface area contributed by atoms with Crippen LogP contribution in [0.1, 0.15) is 56.5 Å². The maximum Gasteiger partial charge on any atom is 0.421 e. The lowest BCUT2D eigenvalue weighted by atomic mass is 9.90. The van der Waals surface area contributed by atoms with Crippen LogP contribution in [0.4, 0.5) is 28.0 Å². The Morgan fingerprint density at radius 1 is 1.20 bits per heavy atom. The Bertz CT molecular complexity index is 797. The van der Waals surface area contributed by atoms with Crippen LogP contribution in [0.3, 0.4) is 0 Å². The van der Waals surface area contributed by atoms with Crippen LogP contribution in [0.25, 0.3) is 0 Å². The predicted octanol–water partition coefficient (Wildman–Crippen LogP) is 4.99. The zero-order valence-corrected chi connectivity index (χ0v) is 17.3. The number of piperidine rings is 1. The van der Waals surface area contributed by atoms with Gasteiger partial charge in [-0.15, -0.1) is 0 Å². The monoisotopic (exact) mass is 434 g/mol. The summed E-state index contributed by atoms with van der Waals surface area (Å²) in [4.78, 5) is 24.8. The quantitative estimate of drug-likeness (QED) is 0.653. The second-order valence-corrected chi connectivity index (χ2v) is 8.42. The number of rotatable bonds is 4. The lowest BCUT2D eigenvalue weighted by molar-refractivity contribution is -0.139. The zero-order valence-electron chi connectivity index (χ0n) is 17.3. The van der Waals surface area contributed by atoms with E-state index in [1.165, 1.54) is 0 Å². The van der Waals surface area contributed by atoms with E-state index in [0.717, 1.165) is 6.07 Å². The predicted molar refractivity (Wildman–Crippen MR) is 102 cm³/mol. The molecule has 1 atom stereocenters. The van der Waals surface area contributed by atoms with Crippen LogP contribution in [0.2, 0.25) is 0 Å². The van der Waals surface area contributed by atoms with E-state index >= 15 is 0 Å². The average Bonchev–Trinajstić information content (AvgIpc) is 2.58. The van der Waals surface area contributed by atoms with Crippen LogP contribution in [0.5, 0.6) is 0 Å². The lowest BCUT2D eigenvalue weighted by Gasteiger charge is -2.36. The molecule has 1 amide bonds. The molecule has 0 aliphatic carbocycles. The number of hydrogen-bond donors (Lipinski definition) is 2. The number of hydrogen-bond acceptors (Lipinski definition) is 4. The molecule has 0 saturated carbocycles. The number of aromatic carboxylic acids is 1. The third kappa shape index (κ3) is 5.99. The minimum absolute atomic E-state index is 0.0960. The number of halogens is 4. The summed E-state index contributed by atoms with van der Waals surface area (Å²) >= 11 is 0. The third-order valence-electron chi connectivity index (χ3n) is 4.90. The van der Waals surface area contributed by atoms with Gasteiger partial charge in [0.15, 0.2) is 0 Å². The van der Waals surface area contributed by atoms with Gasteiger partial charge in [0.1, 0.15) is 17.0 Å². The summed E-state index contributed by atoms with van der Waals surface area (Å²) in [6.45, 7) is 7.67. The standard InChI is InChI=1S/C20H26F4N2O4/c1-11(12-5-7-26(8-6-12)18(29)30-19(2,3)4)25-15-10-13(17(27)28)9-14(21)16(15)20(22,23)24/h9-12,25H,5-8H2,1-4H3,(H,27,28)/t11-/m0/s1. The van der Waals surface area contributed by atoms with Crippen LogP contribution in [0, 0.1) is 11.7 Å². The van der Waals surface area contributed by atoms with E-state index in [-0.39, 0.29) is 5.92 Å². The largest absolute Gasteiger partial charge is 0.478 e. The van der Waals surface area contributed by atoms with Gasteiger partial charge in [0.2, 0.25) is 0 Å². The first-order valence-electron chi connectivity index (χ1n) is 9.57. The number of ether oxygens (including phenoxy) is 1. The number of benzene rings is 1. The number of nitrogens with one attached hydrogen (secondary N) is 1. The van der Waals surface area contributed by atoms with E-state index in [1.807, 2.05) is 0 Å². The Morgan fingerprint density at radius 3 is 2.23 bits per heavy atom. The topological polar surface area (TPSA) is 78.9 Å². The molecule has 0 unspecified atom stereocenters. The third-order valence-corrected chi connectivity index (χ3v) is 4.90. The summed E-state index contributed by atoms with van der Waals surface area (Å²) in [5, 5.41) is 11.7. The number of amides is 1. The van der Waals surface area contributed by atoms with Gasteiger partial charge in [0, 0.05) is 19.1 Å². The first-order valence-corrected chi connectivity index (χ1v) is 9.57. The summed E-state index contributed by atoms with van der Waals surface area (Å²) in [5.74, 6) is -3.26. The van der Waals surface area contributed by atoms with Crippen molar-refractivity contribution in [1.82, 2.24) is 4.90 Å². The highest BCUT2D eigenvalue weighted by Crippen LogP contribution is 2.38. The van der Waals surface area contributed by atoms with E-state index in [9.17, 15) is 27.2 Å². The van der Waals surface area contributed by atoms with Crippen LogP contribution >= 0.6 is 0 Å². The van der Waals surface area contributed by atoms with Crippen molar-refractivity contribution >= 4 is 17.7 Å². The SMILES string of the molecule is C[C@H](Nc1cc(C(=O)O)cc(F)c1C(F)(F)F)C1CCN(C(=O)OC(C)(C)C)CC1. The van der Waals surface area contributed by atoms with Gasteiger partial charge in [0.05, 0.1) is 11.3 Å². The highest BCUT2D eigenvalue weighted by atomic mass is 19.4. The lowest BCUT2D eigenvalue weighted by Crippen LogP contribution is -2.44. The van der Waals surface area contributed by atoms with Gasteiger partial charge in [-0.05, 0) is 58.6 Å². The van der Waals surface area contributed by atoms with Gasteiger partial charge in [-0.1, -0.05) is 0 Å². The molecule has 2 N–H and O–H groups in total. The molecule has 0 bridgehead atoms. The van der Waals surface area contributed by atoms with Crippen LogP contribution < -0.4 is 5.32 Å². The Balaban J connectivity index is 2.12. The molecule has 0 radical (unpaired) electrons. The Labute approximate surface area is 172 Å². The number of carbonyl (C=O) groups is 2. The maximum atomic E-state index is 14.1. The van der Waals surface area contributed by atoms with Crippen molar-refractivity contribution in [2.75, 3.05) is 18.4 Å². The highest BCUT2D eigenvalue weighted by molar-refractivity contribution is 5.89. The molecule has 6 nitrogen and oxygen atoms in total. The fourth-order valence-electron chi connectivity index (χ4n) is 3.40. The van der Waals surface area contributed by atoms with Gasteiger partial charge in [0.25, 0.3) is 0 Å². The van der Waals surface area contributed by atoms with E-state index in [0.29, 0.717) is 32.0 Å². The van der Waals surface area contributed by atoms with Gasteiger partial charge >= 0.3 is 18.2 Å². The van der Waals surface area contributed by atoms with Gasteiger partial charge in [-0.25, -0.2) is 14.0 Å². The number of nitrogens with zero attached hydrogens (tertiary/aromatic N) is 1. The summed E-state index contributed by atoms with van der Waals surface area (Å²) in [5.41, 5.74) is -3.34. The number of alkyl halides is 3. The van der Waals surface area contributed by atoms with Crippen molar-refractivity contribution < 1.29 is 37.0 Å². The normalized spacial score (nSPS) is 16.9. The van der Waals surface area contributed by atoms with E-state index in [2.05, 4.69) is 5.32 Å². The molecule has 2 rings (SSSR count). The Kier molecular flexibility index (Phi) is 6.88. The summed E-state index contributed by atoms with van der Waals surface area (Å²) in [7, 11) is 0. The van der Waals surface area contributed by atoms with Gasteiger partial charge in [-0.3, -0.25) is 0 Å². The van der Waals surface area contributed by atoms with Crippen molar-refractivity contribution in [3.63, 3.8) is 0 Å². The summed E-state index contributed by atoms with van der Waals surface area (Å²) in [6.07, 6.45) is -4.41. The van der Waals surface area contributed by atoms with Crippen LogP contribution in [0.15, 0.2) is 12.1 Å². The first kappa shape index (κ1) is 23.8. The summed E-state index contributed by atoms with van der Waals surface area (Å²) in [6, 6.07) is 0.649. The molecule has 0 aromatic heterocycles. The number of carboxylic acid groups (broad SMARTS) is 1. The molecule has 10 heteroatoms. The van der Waals surface area contributed by atoms with Crippen molar-refractivity contribution in [3.8, 4) is 0 Å². The first-order chi connectivity index (χ1) is 13.7.